The molecule has 0 saturated heterocycles. The summed E-state index contributed by atoms with van der Waals surface area (Å²) in [6.07, 6.45) is 1.75. The molecule has 1 aliphatic rings. The fourth-order valence-electron chi connectivity index (χ4n) is 1.90. The van der Waals surface area contributed by atoms with E-state index in [9.17, 15) is 9.90 Å². The first-order chi connectivity index (χ1) is 10.1. The Morgan fingerprint density at radius 1 is 1.29 bits per heavy atom. The molecule has 2 N–H and O–H groups in total. The molecule has 0 unspecified atom stereocenters. The van der Waals surface area contributed by atoms with E-state index in [4.69, 9.17) is 0 Å². The number of phenolic OH excluding ortho intramolecular Hbond substituents is 1. The van der Waals surface area contributed by atoms with Crippen LogP contribution in [-0.4, -0.2) is 16.7 Å². The van der Waals surface area contributed by atoms with Crippen LogP contribution in [0.5, 0.6) is 5.75 Å². The first-order valence-electron chi connectivity index (χ1n) is 5.88. The number of nitrogens with one attached hydrogen (secondary N) is 1. The molecule has 0 bridgehead atoms. The lowest BCUT2D eigenvalue weighted by atomic mass is 10.1. The molecule has 0 aliphatic carbocycles. The van der Waals surface area contributed by atoms with Crippen LogP contribution in [0.3, 0.4) is 0 Å². The van der Waals surface area contributed by atoms with Gasteiger partial charge in [-0.2, -0.15) is 5.10 Å². The molecule has 106 valence electrons. The van der Waals surface area contributed by atoms with Crippen LogP contribution in [0.1, 0.15) is 10.4 Å². The predicted molar refractivity (Wildman–Crippen MR) is 90.5 cm³/mol. The zero-order chi connectivity index (χ0) is 15.0. The molecular formula is C14H8Br2N2O2S. The number of nitrogens with zero attached hydrogens (tertiary/aromatic N) is 1. The van der Waals surface area contributed by atoms with E-state index in [0.717, 1.165) is 10.4 Å². The molecule has 0 saturated carbocycles. The van der Waals surface area contributed by atoms with E-state index < -0.39 is 0 Å². The summed E-state index contributed by atoms with van der Waals surface area (Å²) < 4.78 is 1.11. The number of benzene rings is 1. The first-order valence-corrected chi connectivity index (χ1v) is 8.35. The molecule has 1 aliphatic heterocycles. The van der Waals surface area contributed by atoms with Gasteiger partial charge in [0, 0.05) is 0 Å². The van der Waals surface area contributed by atoms with Gasteiger partial charge in [-0.05, 0) is 67.1 Å². The number of carbonyl (C=O) groups is 1. The third kappa shape index (κ3) is 2.81. The summed E-state index contributed by atoms with van der Waals surface area (Å²) >= 11 is 8.08. The molecule has 1 aromatic heterocycles. The fourth-order valence-corrected chi connectivity index (χ4v) is 3.85. The van der Waals surface area contributed by atoms with Gasteiger partial charge in [0.2, 0.25) is 0 Å². The number of rotatable bonds is 2. The maximum absolute atomic E-state index is 12.0. The third-order valence-corrected chi connectivity index (χ3v) is 4.96. The van der Waals surface area contributed by atoms with Crippen LogP contribution in [0, 0.1) is 0 Å². The van der Waals surface area contributed by atoms with Crippen LogP contribution in [0.4, 0.5) is 0 Å². The second-order valence-electron chi connectivity index (χ2n) is 4.27. The quantitative estimate of drug-likeness (QED) is 0.714. The minimum absolute atomic E-state index is 0.125. The van der Waals surface area contributed by atoms with E-state index >= 15 is 0 Å². The zero-order valence-corrected chi connectivity index (χ0v) is 14.4. The van der Waals surface area contributed by atoms with Crippen molar-refractivity contribution in [3.8, 4) is 5.75 Å². The summed E-state index contributed by atoms with van der Waals surface area (Å²) in [5, 5.41) is 15.8. The molecule has 4 nitrogen and oxygen atoms in total. The van der Waals surface area contributed by atoms with Gasteiger partial charge < -0.3 is 5.11 Å². The maximum atomic E-state index is 12.0. The Morgan fingerprint density at radius 3 is 2.62 bits per heavy atom. The maximum Gasteiger partial charge on any atom is 0.273 e. The van der Waals surface area contributed by atoms with Crippen molar-refractivity contribution in [1.82, 2.24) is 5.43 Å². The van der Waals surface area contributed by atoms with Crippen molar-refractivity contribution in [3.63, 3.8) is 0 Å². The van der Waals surface area contributed by atoms with Crippen LogP contribution in [0.2, 0.25) is 0 Å². The minimum atomic E-state index is -0.237. The van der Waals surface area contributed by atoms with Gasteiger partial charge in [-0.3, -0.25) is 4.79 Å². The van der Waals surface area contributed by atoms with Crippen molar-refractivity contribution < 1.29 is 9.90 Å². The van der Waals surface area contributed by atoms with Gasteiger partial charge in [0.05, 0.1) is 19.4 Å². The first kappa shape index (κ1) is 14.5. The highest BCUT2D eigenvalue weighted by molar-refractivity contribution is 9.11. The molecule has 0 atom stereocenters. The second kappa shape index (κ2) is 5.75. The zero-order valence-electron chi connectivity index (χ0n) is 10.4. The number of halogens is 2. The summed E-state index contributed by atoms with van der Waals surface area (Å²) in [4.78, 5) is 12.9. The number of hydrazone groups is 1. The van der Waals surface area contributed by atoms with Gasteiger partial charge in [0.25, 0.3) is 5.91 Å². The van der Waals surface area contributed by atoms with Crippen LogP contribution < -0.4 is 5.43 Å². The number of phenols is 1. The smallest absolute Gasteiger partial charge is 0.273 e. The molecule has 3 rings (SSSR count). The SMILES string of the molecule is O=C1NN=C(c2cccs2)C1=Cc1cc(Br)c(O)c(Br)c1. The van der Waals surface area contributed by atoms with Crippen molar-refractivity contribution in [2.45, 2.75) is 0 Å². The Bertz CT molecular complexity index is 759. The summed E-state index contributed by atoms with van der Waals surface area (Å²) in [7, 11) is 0. The fraction of sp³-hybridized carbons (Fsp3) is 0. The van der Waals surface area contributed by atoms with E-state index in [0.29, 0.717) is 20.2 Å². The Labute approximate surface area is 141 Å². The highest BCUT2D eigenvalue weighted by Gasteiger charge is 2.24. The number of aromatic hydroxyl groups is 1. The molecule has 7 heteroatoms. The summed E-state index contributed by atoms with van der Waals surface area (Å²) in [6, 6.07) is 7.31. The van der Waals surface area contributed by atoms with E-state index in [1.54, 1.807) is 18.2 Å². The minimum Gasteiger partial charge on any atom is -0.506 e. The van der Waals surface area contributed by atoms with Gasteiger partial charge in [-0.15, -0.1) is 11.3 Å². The normalized spacial score (nSPS) is 16.2. The van der Waals surface area contributed by atoms with Gasteiger partial charge in [0.15, 0.2) is 0 Å². The molecule has 1 amide bonds. The monoisotopic (exact) mass is 426 g/mol. The number of hydrogen-bond donors (Lipinski definition) is 2. The second-order valence-corrected chi connectivity index (χ2v) is 6.93. The summed E-state index contributed by atoms with van der Waals surface area (Å²) in [6.45, 7) is 0. The van der Waals surface area contributed by atoms with Crippen LogP contribution in [0.15, 0.2) is 49.3 Å². The van der Waals surface area contributed by atoms with Gasteiger partial charge >= 0.3 is 0 Å². The van der Waals surface area contributed by atoms with Gasteiger partial charge in [-0.25, -0.2) is 5.43 Å². The third-order valence-electron chi connectivity index (χ3n) is 2.87. The Kier molecular flexibility index (Phi) is 3.97. The number of hydrogen-bond acceptors (Lipinski definition) is 4. The van der Waals surface area contributed by atoms with Crippen molar-refractivity contribution in [3.05, 3.63) is 54.6 Å². The van der Waals surface area contributed by atoms with E-state index in [1.165, 1.54) is 11.3 Å². The molecule has 2 heterocycles. The van der Waals surface area contributed by atoms with Crippen molar-refractivity contribution >= 4 is 60.9 Å². The van der Waals surface area contributed by atoms with Crippen LogP contribution >= 0.6 is 43.2 Å². The molecular weight excluding hydrogens is 420 g/mol. The Hall–Kier alpha value is -1.44. The lowest BCUT2D eigenvalue weighted by Crippen LogP contribution is -2.13. The van der Waals surface area contributed by atoms with Gasteiger partial charge in [-0.1, -0.05) is 6.07 Å². The van der Waals surface area contributed by atoms with Crippen molar-refractivity contribution in [2.24, 2.45) is 5.10 Å². The van der Waals surface area contributed by atoms with Crippen LogP contribution in [0.25, 0.3) is 6.08 Å². The van der Waals surface area contributed by atoms with E-state index in [-0.39, 0.29) is 11.7 Å². The lowest BCUT2D eigenvalue weighted by molar-refractivity contribution is -0.116. The molecule has 0 fully saturated rings. The Balaban J connectivity index is 2.05. The molecule has 1 aromatic carbocycles. The van der Waals surface area contributed by atoms with Crippen molar-refractivity contribution in [1.29, 1.82) is 0 Å². The number of thiophene rings is 1. The predicted octanol–water partition coefficient (Wildman–Crippen LogP) is 3.90. The highest BCUT2D eigenvalue weighted by Crippen LogP contribution is 2.34. The molecule has 0 spiro atoms. The largest absolute Gasteiger partial charge is 0.506 e. The number of amides is 1. The molecule has 0 radical (unpaired) electrons. The average molecular weight is 428 g/mol. The average Bonchev–Trinajstić information content (AvgIpc) is 3.07. The van der Waals surface area contributed by atoms with Gasteiger partial charge in [0.1, 0.15) is 11.5 Å². The van der Waals surface area contributed by atoms with E-state index in [2.05, 4.69) is 42.4 Å². The topological polar surface area (TPSA) is 61.7 Å². The summed E-state index contributed by atoms with van der Waals surface area (Å²) in [5.41, 5.74) is 4.40. The van der Waals surface area contributed by atoms with Crippen molar-refractivity contribution in [2.75, 3.05) is 0 Å². The highest BCUT2D eigenvalue weighted by atomic mass is 79.9. The summed E-state index contributed by atoms with van der Waals surface area (Å²) in [5.74, 6) is -0.112. The lowest BCUT2D eigenvalue weighted by Gasteiger charge is -2.04. The molecule has 2 aromatic rings. The standard InChI is InChI=1S/C14H8Br2N2O2S/c15-9-5-7(6-10(16)13(9)19)4-8-12(17-18-14(8)20)11-2-1-3-21-11/h1-6,19H,(H,18,20). The van der Waals surface area contributed by atoms with Crippen LogP contribution in [-0.2, 0) is 4.79 Å². The molecule has 21 heavy (non-hydrogen) atoms. The number of carbonyl (C=O) groups excluding carboxylic acids is 1. The van der Waals surface area contributed by atoms with E-state index in [1.807, 2.05) is 17.5 Å². The Morgan fingerprint density at radius 2 is 2.00 bits per heavy atom.